The maximum Gasteiger partial charge on any atom is 0.327 e. The molecule has 1 aliphatic rings. The second kappa shape index (κ2) is 8.47. The number of likely N-dealkylation sites (tertiary alicyclic amines) is 1. The molecule has 0 atom stereocenters. The molecule has 1 aromatic heterocycles. The summed E-state index contributed by atoms with van der Waals surface area (Å²) in [5.41, 5.74) is 3.81. The molecule has 158 valence electrons. The Hall–Kier alpha value is -2.15. The van der Waals surface area contributed by atoms with E-state index in [0.717, 1.165) is 13.3 Å². The summed E-state index contributed by atoms with van der Waals surface area (Å²) in [6, 6.07) is 0.617. The van der Waals surface area contributed by atoms with Gasteiger partial charge >= 0.3 is 5.97 Å². The van der Waals surface area contributed by atoms with Crippen molar-refractivity contribution in [3.05, 3.63) is 23.7 Å². The first-order chi connectivity index (χ1) is 13.1. The van der Waals surface area contributed by atoms with Crippen molar-refractivity contribution in [1.82, 2.24) is 14.7 Å². The summed E-state index contributed by atoms with van der Waals surface area (Å²) in [5, 5.41) is 3.42. The number of carbonyl (C=O) groups excluding carboxylic acids is 1. The molecule has 1 aromatic rings. The van der Waals surface area contributed by atoms with E-state index in [1.165, 1.54) is 6.20 Å². The monoisotopic (exact) mass is 428 g/mol. The van der Waals surface area contributed by atoms with Crippen LogP contribution in [0.3, 0.4) is 0 Å². The van der Waals surface area contributed by atoms with Crippen LogP contribution < -0.4 is 5.73 Å². The third kappa shape index (κ3) is 4.14. The summed E-state index contributed by atoms with van der Waals surface area (Å²) in [4.78, 5) is 13.7. The number of ether oxygens (including phenoxy) is 1. The molecule has 0 bridgehead atoms. The van der Waals surface area contributed by atoms with Crippen LogP contribution in [0.4, 0.5) is 17.6 Å². The van der Waals surface area contributed by atoms with Gasteiger partial charge in [0.25, 0.3) is 12.9 Å². The van der Waals surface area contributed by atoms with Crippen LogP contribution in [0.2, 0.25) is 0 Å². The third-order valence-corrected chi connectivity index (χ3v) is 6.83. The quantitative estimate of drug-likeness (QED) is 0.518. The molecule has 0 radical (unpaired) electrons. The third-order valence-electron chi connectivity index (χ3n) is 4.63. The van der Waals surface area contributed by atoms with E-state index in [4.69, 9.17) is 5.73 Å². The molecule has 0 saturated carbocycles. The highest BCUT2D eigenvalue weighted by Crippen LogP contribution is 2.33. The van der Waals surface area contributed by atoms with Crippen molar-refractivity contribution < 1.29 is 35.5 Å². The van der Waals surface area contributed by atoms with Crippen LogP contribution in [0.25, 0.3) is 6.20 Å². The molecule has 0 unspecified atom stereocenters. The average molecular weight is 428 g/mol. The average Bonchev–Trinajstić information content (AvgIpc) is 3.11. The van der Waals surface area contributed by atoms with Crippen molar-refractivity contribution in [2.45, 2.75) is 30.4 Å². The van der Waals surface area contributed by atoms with Crippen LogP contribution >= 0.6 is 0 Å². The smallest absolute Gasteiger partial charge is 0.327 e. The van der Waals surface area contributed by atoms with Gasteiger partial charge in [0, 0.05) is 25.5 Å². The van der Waals surface area contributed by atoms with Gasteiger partial charge in [-0.25, -0.2) is 30.7 Å². The van der Waals surface area contributed by atoms with Crippen LogP contribution in [-0.4, -0.2) is 59.9 Å². The first-order valence-electron chi connectivity index (χ1n) is 8.16. The standard InChI is InChI=1S/C15H20F4N4O4S/c1-27-14(24)15(28(25,26)9-20)2-4-22(5-3-15)6-7-23-11(13(18)19)8-10(21-23)12(16)17/h6-8,12-13H,2-5,9,20H2,1H3. The number of alkyl halides is 4. The van der Waals surface area contributed by atoms with Gasteiger partial charge in [0.1, 0.15) is 11.4 Å². The Kier molecular flexibility index (Phi) is 6.70. The zero-order chi connectivity index (χ0) is 21.1. The molecule has 2 N–H and O–H groups in total. The van der Waals surface area contributed by atoms with Crippen molar-refractivity contribution in [2.24, 2.45) is 5.73 Å². The largest absolute Gasteiger partial charge is 0.468 e. The van der Waals surface area contributed by atoms with E-state index in [1.54, 1.807) is 4.90 Å². The molecular weight excluding hydrogens is 408 g/mol. The van der Waals surface area contributed by atoms with Gasteiger partial charge in [0.05, 0.1) is 13.0 Å². The summed E-state index contributed by atoms with van der Waals surface area (Å²) in [6.45, 7) is 0.162. The summed E-state index contributed by atoms with van der Waals surface area (Å²) in [5.74, 6) is -1.63. The Morgan fingerprint density at radius 1 is 1.29 bits per heavy atom. The highest BCUT2D eigenvalue weighted by atomic mass is 32.2. The summed E-state index contributed by atoms with van der Waals surface area (Å²) in [7, 11) is -2.88. The zero-order valence-electron chi connectivity index (χ0n) is 14.9. The molecule has 2 rings (SSSR count). The van der Waals surface area contributed by atoms with Gasteiger partial charge in [-0.1, -0.05) is 0 Å². The van der Waals surface area contributed by atoms with E-state index in [2.05, 4.69) is 9.84 Å². The van der Waals surface area contributed by atoms with Gasteiger partial charge in [-0.05, 0) is 18.9 Å². The molecule has 1 fully saturated rings. The second-order valence-corrected chi connectivity index (χ2v) is 8.49. The first kappa shape index (κ1) is 22.1. The number of methoxy groups -OCH3 is 1. The topological polar surface area (TPSA) is 108 Å². The summed E-state index contributed by atoms with van der Waals surface area (Å²) < 4.78 is 79.5. The van der Waals surface area contributed by atoms with E-state index in [9.17, 15) is 30.8 Å². The lowest BCUT2D eigenvalue weighted by Crippen LogP contribution is -2.55. The lowest BCUT2D eigenvalue weighted by atomic mass is 9.96. The minimum absolute atomic E-state index is 0.0812. The molecule has 2 heterocycles. The number of rotatable bonds is 7. The van der Waals surface area contributed by atoms with Gasteiger partial charge < -0.3 is 15.4 Å². The van der Waals surface area contributed by atoms with Gasteiger partial charge in [0.2, 0.25) is 0 Å². The number of halogens is 4. The molecule has 28 heavy (non-hydrogen) atoms. The van der Waals surface area contributed by atoms with Crippen LogP contribution in [0.1, 0.15) is 37.1 Å². The zero-order valence-corrected chi connectivity index (χ0v) is 15.7. The number of carbonyl (C=O) groups is 1. The number of sulfone groups is 1. The molecule has 0 aliphatic carbocycles. The molecule has 1 saturated heterocycles. The van der Waals surface area contributed by atoms with Crippen LogP contribution in [0.5, 0.6) is 0 Å². The predicted octanol–water partition coefficient (Wildman–Crippen LogP) is 1.53. The number of aromatic nitrogens is 2. The maximum atomic E-state index is 13.0. The molecule has 0 spiro atoms. The van der Waals surface area contributed by atoms with E-state index >= 15 is 0 Å². The fourth-order valence-corrected chi connectivity index (χ4v) is 4.46. The maximum absolute atomic E-state index is 13.0. The molecule has 0 aromatic carbocycles. The predicted molar refractivity (Wildman–Crippen MR) is 91.0 cm³/mol. The number of esters is 1. The van der Waals surface area contributed by atoms with Crippen LogP contribution in [-0.2, 0) is 19.4 Å². The Morgan fingerprint density at radius 3 is 2.36 bits per heavy atom. The van der Waals surface area contributed by atoms with Gasteiger partial charge in [0.15, 0.2) is 14.6 Å². The number of hydrogen-bond donors (Lipinski definition) is 1. The number of nitrogens with zero attached hydrogens (tertiary/aromatic N) is 3. The summed E-state index contributed by atoms with van der Waals surface area (Å²) >= 11 is 0. The Morgan fingerprint density at radius 2 is 1.89 bits per heavy atom. The van der Waals surface area contributed by atoms with Gasteiger partial charge in [-0.2, -0.15) is 5.10 Å². The van der Waals surface area contributed by atoms with Crippen LogP contribution in [0.15, 0.2) is 12.3 Å². The highest BCUT2D eigenvalue weighted by Gasteiger charge is 2.52. The van der Waals surface area contributed by atoms with Crippen molar-refractivity contribution in [3.63, 3.8) is 0 Å². The Labute approximate surface area is 158 Å². The minimum atomic E-state index is -3.96. The van der Waals surface area contributed by atoms with Crippen molar-refractivity contribution in [3.8, 4) is 0 Å². The van der Waals surface area contributed by atoms with E-state index in [-0.39, 0.29) is 25.9 Å². The van der Waals surface area contributed by atoms with Gasteiger partial charge in [-0.3, -0.25) is 4.79 Å². The lowest BCUT2D eigenvalue weighted by Gasteiger charge is -2.38. The van der Waals surface area contributed by atoms with Crippen molar-refractivity contribution >= 4 is 22.0 Å². The number of hydrogen-bond acceptors (Lipinski definition) is 7. The SMILES string of the molecule is COC(=O)C1(S(=O)(=O)CN)CCN(C=Cn2nc(C(F)F)cc2C(F)F)CC1. The van der Waals surface area contributed by atoms with Crippen LogP contribution in [0, 0.1) is 0 Å². The minimum Gasteiger partial charge on any atom is -0.468 e. The Balaban J connectivity index is 2.19. The second-order valence-electron chi connectivity index (χ2n) is 6.14. The summed E-state index contributed by atoms with van der Waals surface area (Å²) in [6.07, 6.45) is -3.84. The van der Waals surface area contributed by atoms with Crippen molar-refractivity contribution in [1.29, 1.82) is 0 Å². The number of piperidine rings is 1. The van der Waals surface area contributed by atoms with Gasteiger partial charge in [-0.15, -0.1) is 0 Å². The fraction of sp³-hybridized carbons (Fsp3) is 0.600. The molecule has 8 nitrogen and oxygen atoms in total. The van der Waals surface area contributed by atoms with E-state index < -0.39 is 50.7 Å². The molecular formula is C15H20F4N4O4S. The molecule has 0 amide bonds. The molecule has 1 aliphatic heterocycles. The highest BCUT2D eigenvalue weighted by molar-refractivity contribution is 7.93. The lowest BCUT2D eigenvalue weighted by molar-refractivity contribution is -0.145. The van der Waals surface area contributed by atoms with E-state index in [1.807, 2.05) is 0 Å². The van der Waals surface area contributed by atoms with Crippen molar-refractivity contribution in [2.75, 3.05) is 26.1 Å². The van der Waals surface area contributed by atoms with E-state index in [0.29, 0.717) is 10.7 Å². The normalized spacial score (nSPS) is 17.6. The molecule has 13 heteroatoms. The first-order valence-corrected chi connectivity index (χ1v) is 9.82. The fourth-order valence-electron chi connectivity index (χ4n) is 3.00. The Bertz CT molecular complexity index is 833. The number of nitrogens with two attached hydrogens (primary N) is 1.